The Morgan fingerprint density at radius 2 is 2.13 bits per heavy atom. The predicted octanol–water partition coefficient (Wildman–Crippen LogP) is 3.23. The van der Waals surface area contributed by atoms with Crippen molar-refractivity contribution in [2.24, 2.45) is 0 Å². The number of rotatable bonds is 5. The fourth-order valence-corrected chi connectivity index (χ4v) is 2.68. The first kappa shape index (κ1) is 17.3. The van der Waals surface area contributed by atoms with E-state index in [1.165, 1.54) is 17.4 Å². The number of hydrogen-bond acceptors (Lipinski definition) is 4. The third kappa shape index (κ3) is 4.46. The molecular formula is C15H17F2N3O2S. The van der Waals surface area contributed by atoms with Crippen molar-refractivity contribution in [3.63, 3.8) is 0 Å². The highest BCUT2D eigenvalue weighted by molar-refractivity contribution is 7.15. The van der Waals surface area contributed by atoms with Crippen molar-refractivity contribution in [3.05, 3.63) is 46.5 Å². The molecule has 2 amide bonds. The topological polar surface area (TPSA) is 74.2 Å². The zero-order chi connectivity index (χ0) is 17.0. The van der Waals surface area contributed by atoms with E-state index in [-0.39, 0.29) is 5.56 Å². The predicted molar refractivity (Wildman–Crippen MR) is 84.4 cm³/mol. The minimum atomic E-state index is -1.17. The molecule has 124 valence electrons. The molecule has 2 rings (SSSR count). The van der Waals surface area contributed by atoms with E-state index < -0.39 is 29.8 Å². The molecule has 1 aromatic carbocycles. The van der Waals surface area contributed by atoms with Gasteiger partial charge in [-0.25, -0.2) is 18.6 Å². The Morgan fingerprint density at radius 1 is 1.39 bits per heavy atom. The van der Waals surface area contributed by atoms with Crippen LogP contribution in [0.5, 0.6) is 0 Å². The normalized spacial score (nSPS) is 13.4. The largest absolute Gasteiger partial charge is 0.386 e. The Kier molecular flexibility index (Phi) is 5.62. The summed E-state index contributed by atoms with van der Waals surface area (Å²) in [5.74, 6) is -2.04. The summed E-state index contributed by atoms with van der Waals surface area (Å²) in [4.78, 5) is 17.0. The molecule has 0 aliphatic rings. The molecule has 0 aliphatic carbocycles. The van der Waals surface area contributed by atoms with Crippen molar-refractivity contribution < 1.29 is 18.7 Å². The molecule has 0 bridgehead atoms. The van der Waals surface area contributed by atoms with Crippen LogP contribution in [0.3, 0.4) is 0 Å². The summed E-state index contributed by atoms with van der Waals surface area (Å²) in [5.41, 5.74) is 0.180. The molecule has 0 saturated heterocycles. The summed E-state index contributed by atoms with van der Waals surface area (Å²) in [6.45, 7) is 3.54. The van der Waals surface area contributed by atoms with Gasteiger partial charge < -0.3 is 10.4 Å². The van der Waals surface area contributed by atoms with Crippen LogP contribution < -0.4 is 10.6 Å². The van der Waals surface area contributed by atoms with Crippen LogP contribution in [0.4, 0.5) is 18.7 Å². The fourth-order valence-electron chi connectivity index (χ4n) is 1.93. The van der Waals surface area contributed by atoms with Crippen molar-refractivity contribution in [1.29, 1.82) is 0 Å². The van der Waals surface area contributed by atoms with Crippen LogP contribution in [0, 0.1) is 11.6 Å². The van der Waals surface area contributed by atoms with E-state index in [1.807, 2.05) is 6.92 Å². The molecule has 5 nitrogen and oxygen atoms in total. The molecule has 0 saturated carbocycles. The molecule has 3 N–H and O–H groups in total. The Hall–Kier alpha value is -2.06. The van der Waals surface area contributed by atoms with E-state index >= 15 is 0 Å². The lowest BCUT2D eigenvalue weighted by Crippen LogP contribution is -2.39. The van der Waals surface area contributed by atoms with Crippen molar-refractivity contribution >= 4 is 22.5 Å². The molecule has 0 fully saturated rings. The number of benzene rings is 1. The van der Waals surface area contributed by atoms with Crippen LogP contribution in [-0.4, -0.2) is 22.2 Å². The lowest BCUT2D eigenvalue weighted by atomic mass is 10.0. The highest BCUT2D eigenvalue weighted by Gasteiger charge is 2.20. The summed E-state index contributed by atoms with van der Waals surface area (Å²) >= 11 is 1.36. The number of carbonyl (C=O) groups is 1. The van der Waals surface area contributed by atoms with E-state index in [0.717, 1.165) is 23.4 Å². The van der Waals surface area contributed by atoms with Gasteiger partial charge in [-0.2, -0.15) is 0 Å². The number of halogens is 2. The molecule has 2 aromatic rings. The van der Waals surface area contributed by atoms with E-state index in [9.17, 15) is 18.7 Å². The quantitative estimate of drug-likeness (QED) is 0.782. The van der Waals surface area contributed by atoms with E-state index in [2.05, 4.69) is 15.6 Å². The molecule has 0 aliphatic heterocycles. The smallest absolute Gasteiger partial charge is 0.321 e. The number of nitrogens with zero attached hydrogens (tertiary/aromatic N) is 1. The maximum Gasteiger partial charge on any atom is 0.321 e. The fraction of sp³-hybridized carbons (Fsp3) is 0.333. The number of aromatic nitrogens is 1. The molecule has 0 radical (unpaired) electrons. The Balaban J connectivity index is 1.95. The van der Waals surface area contributed by atoms with Gasteiger partial charge in [0.1, 0.15) is 0 Å². The molecule has 1 aromatic heterocycles. The van der Waals surface area contributed by atoms with Crippen LogP contribution >= 0.6 is 11.3 Å². The first-order valence-electron chi connectivity index (χ1n) is 7.06. The lowest BCUT2D eigenvalue weighted by Gasteiger charge is -2.20. The van der Waals surface area contributed by atoms with Gasteiger partial charge in [0, 0.05) is 11.1 Å². The zero-order valence-corrected chi connectivity index (χ0v) is 13.5. The monoisotopic (exact) mass is 341 g/mol. The summed E-state index contributed by atoms with van der Waals surface area (Å²) in [5, 5.41) is 15.7. The van der Waals surface area contributed by atoms with Crippen LogP contribution in [-0.2, 0) is 6.42 Å². The SMILES string of the molecule is CCc1cnc(NC(=O)NC(C)C(O)c2ccc(F)c(F)c2)s1. The minimum absolute atomic E-state index is 0.180. The van der Waals surface area contributed by atoms with Gasteiger partial charge in [-0.05, 0) is 31.0 Å². The number of aliphatic hydroxyl groups is 1. The van der Waals surface area contributed by atoms with Gasteiger partial charge in [0.05, 0.1) is 12.1 Å². The van der Waals surface area contributed by atoms with E-state index in [4.69, 9.17) is 0 Å². The molecule has 2 atom stereocenters. The van der Waals surface area contributed by atoms with Gasteiger partial charge in [0.15, 0.2) is 16.8 Å². The minimum Gasteiger partial charge on any atom is -0.386 e. The average Bonchev–Trinajstić information content (AvgIpc) is 2.96. The number of carbonyl (C=O) groups excluding carboxylic acids is 1. The Bertz CT molecular complexity index is 693. The van der Waals surface area contributed by atoms with E-state index in [0.29, 0.717) is 5.13 Å². The van der Waals surface area contributed by atoms with Gasteiger partial charge in [0.2, 0.25) is 0 Å². The third-order valence-corrected chi connectivity index (χ3v) is 4.30. The second kappa shape index (κ2) is 7.47. The third-order valence-electron chi connectivity index (χ3n) is 3.24. The van der Waals surface area contributed by atoms with Gasteiger partial charge in [-0.1, -0.05) is 13.0 Å². The molecular weight excluding hydrogens is 324 g/mol. The maximum absolute atomic E-state index is 13.2. The van der Waals surface area contributed by atoms with Crippen LogP contribution in [0.25, 0.3) is 0 Å². The Morgan fingerprint density at radius 3 is 2.74 bits per heavy atom. The van der Waals surface area contributed by atoms with Crippen molar-refractivity contribution in [2.45, 2.75) is 32.4 Å². The number of aliphatic hydroxyl groups excluding tert-OH is 1. The summed E-state index contributed by atoms with van der Waals surface area (Å²) in [6, 6.07) is 1.88. The lowest BCUT2D eigenvalue weighted by molar-refractivity contribution is 0.138. The molecule has 8 heteroatoms. The number of aryl methyl sites for hydroxylation is 1. The molecule has 0 spiro atoms. The number of urea groups is 1. The van der Waals surface area contributed by atoms with Crippen molar-refractivity contribution in [3.8, 4) is 0 Å². The number of nitrogens with one attached hydrogen (secondary N) is 2. The van der Waals surface area contributed by atoms with Crippen molar-refractivity contribution in [2.75, 3.05) is 5.32 Å². The van der Waals surface area contributed by atoms with Crippen LogP contribution in [0.2, 0.25) is 0 Å². The summed E-state index contributed by atoms with van der Waals surface area (Å²) in [7, 11) is 0. The first-order chi connectivity index (χ1) is 10.9. The van der Waals surface area contributed by atoms with Gasteiger partial charge in [-0.15, -0.1) is 11.3 Å². The molecule has 1 heterocycles. The zero-order valence-electron chi connectivity index (χ0n) is 12.6. The molecule has 23 heavy (non-hydrogen) atoms. The second-order valence-corrected chi connectivity index (χ2v) is 6.11. The highest BCUT2D eigenvalue weighted by Crippen LogP contribution is 2.20. The van der Waals surface area contributed by atoms with Gasteiger partial charge >= 0.3 is 6.03 Å². The average molecular weight is 341 g/mol. The number of anilines is 1. The van der Waals surface area contributed by atoms with Crippen LogP contribution in [0.1, 0.15) is 30.4 Å². The maximum atomic E-state index is 13.2. The number of thiazole rings is 1. The highest BCUT2D eigenvalue weighted by atomic mass is 32.1. The number of hydrogen-bond donors (Lipinski definition) is 3. The second-order valence-electron chi connectivity index (χ2n) is 4.99. The van der Waals surface area contributed by atoms with Crippen molar-refractivity contribution in [1.82, 2.24) is 10.3 Å². The Labute approximate surface area is 136 Å². The molecule has 2 unspecified atom stereocenters. The summed E-state index contributed by atoms with van der Waals surface area (Å²) < 4.78 is 26.1. The number of amides is 2. The van der Waals surface area contributed by atoms with E-state index in [1.54, 1.807) is 13.1 Å². The van der Waals surface area contributed by atoms with Crippen LogP contribution in [0.15, 0.2) is 24.4 Å². The summed E-state index contributed by atoms with van der Waals surface area (Å²) in [6.07, 6.45) is 1.34. The first-order valence-corrected chi connectivity index (χ1v) is 7.87. The van der Waals surface area contributed by atoms with Gasteiger partial charge in [-0.3, -0.25) is 5.32 Å². The van der Waals surface area contributed by atoms with Gasteiger partial charge in [0.25, 0.3) is 0 Å². The standard InChI is InChI=1S/C15H17F2N3O2S/c1-3-10-7-18-15(23-10)20-14(22)19-8(2)13(21)9-4-5-11(16)12(17)6-9/h4-8,13,21H,3H2,1-2H3,(H2,18,19,20,22).